The molecule has 4 rings (SSSR count). The van der Waals surface area contributed by atoms with E-state index >= 15 is 0 Å². The van der Waals surface area contributed by atoms with Crippen LogP contribution in [0.3, 0.4) is 0 Å². The van der Waals surface area contributed by atoms with Gasteiger partial charge in [-0.15, -0.1) is 0 Å². The summed E-state index contributed by atoms with van der Waals surface area (Å²) < 4.78 is 7.02. The van der Waals surface area contributed by atoms with Crippen molar-refractivity contribution in [3.05, 3.63) is 106 Å². The second-order valence-electron chi connectivity index (χ2n) is 6.87. The van der Waals surface area contributed by atoms with Crippen molar-refractivity contribution in [2.75, 3.05) is 7.11 Å². The summed E-state index contributed by atoms with van der Waals surface area (Å²) in [6, 6.07) is 20.2. The van der Waals surface area contributed by atoms with E-state index < -0.39 is 0 Å². The number of pyridine rings is 2. The smallest absolute Gasteiger partial charge is 0.202 e. The lowest BCUT2D eigenvalue weighted by Crippen LogP contribution is -2.21. The van der Waals surface area contributed by atoms with Gasteiger partial charge in [-0.1, -0.05) is 30.3 Å². The lowest BCUT2D eigenvalue weighted by Gasteiger charge is -2.13. The Morgan fingerprint density at radius 3 is 2.41 bits per heavy atom. The first-order chi connectivity index (χ1) is 14.1. The molecule has 2 heterocycles. The minimum atomic E-state index is -0.318. The third kappa shape index (κ3) is 3.67. The fourth-order valence-corrected chi connectivity index (χ4v) is 3.32. The van der Waals surface area contributed by atoms with E-state index in [2.05, 4.69) is 4.98 Å². The number of aryl methyl sites for hydroxylation is 1. The topological polar surface area (TPSA) is 61.2 Å². The Balaban J connectivity index is 1.87. The van der Waals surface area contributed by atoms with E-state index in [1.165, 1.54) is 0 Å². The van der Waals surface area contributed by atoms with E-state index in [0.717, 1.165) is 11.3 Å². The Morgan fingerprint density at radius 1 is 1.00 bits per heavy atom. The summed E-state index contributed by atoms with van der Waals surface area (Å²) >= 11 is 0. The molecule has 0 aliphatic carbocycles. The molecule has 5 nitrogen and oxygen atoms in total. The van der Waals surface area contributed by atoms with Crippen LogP contribution in [0.5, 0.6) is 5.75 Å². The molecule has 0 aliphatic rings. The zero-order chi connectivity index (χ0) is 20.4. The van der Waals surface area contributed by atoms with E-state index in [4.69, 9.17) is 4.74 Å². The predicted octanol–water partition coefficient (Wildman–Crippen LogP) is 3.99. The van der Waals surface area contributed by atoms with Crippen LogP contribution in [-0.2, 0) is 6.54 Å². The lowest BCUT2D eigenvalue weighted by molar-refractivity contribution is 0.103. The molecule has 0 radical (unpaired) electrons. The summed E-state index contributed by atoms with van der Waals surface area (Å²) in [5.41, 5.74) is 2.71. The summed E-state index contributed by atoms with van der Waals surface area (Å²) in [6.07, 6.45) is 1.62. The third-order valence-electron chi connectivity index (χ3n) is 4.85. The van der Waals surface area contributed by atoms with Gasteiger partial charge in [0, 0.05) is 24.0 Å². The molecule has 144 valence electrons. The monoisotopic (exact) mass is 384 g/mol. The van der Waals surface area contributed by atoms with Crippen LogP contribution in [0.4, 0.5) is 0 Å². The average Bonchev–Trinajstić information content (AvgIpc) is 2.76. The summed E-state index contributed by atoms with van der Waals surface area (Å²) in [7, 11) is 1.57. The molecular weight excluding hydrogens is 364 g/mol. The maximum atomic E-state index is 13.1. The number of carbonyl (C=O) groups is 1. The first-order valence-corrected chi connectivity index (χ1v) is 9.30. The van der Waals surface area contributed by atoms with Gasteiger partial charge in [0.1, 0.15) is 11.4 Å². The molecule has 0 unspecified atom stereocenters. The maximum absolute atomic E-state index is 13.1. The molecule has 2 aromatic heterocycles. The normalized spacial score (nSPS) is 10.8. The summed E-state index contributed by atoms with van der Waals surface area (Å²) in [5, 5.41) is 0.436. The molecule has 0 amide bonds. The van der Waals surface area contributed by atoms with Crippen LogP contribution < -0.4 is 10.2 Å². The molecule has 0 aliphatic heterocycles. The number of ketones is 1. The number of carbonyl (C=O) groups excluding carboxylic acids is 1. The van der Waals surface area contributed by atoms with Crippen molar-refractivity contribution < 1.29 is 9.53 Å². The van der Waals surface area contributed by atoms with Gasteiger partial charge in [-0.25, -0.2) is 4.98 Å². The Bertz CT molecular complexity index is 1240. The zero-order valence-corrected chi connectivity index (χ0v) is 16.3. The highest BCUT2D eigenvalue weighted by molar-refractivity contribution is 6.10. The van der Waals surface area contributed by atoms with Crippen molar-refractivity contribution in [2.45, 2.75) is 13.5 Å². The van der Waals surface area contributed by atoms with Gasteiger partial charge >= 0.3 is 0 Å². The molecule has 0 atom stereocenters. The number of rotatable bonds is 5. The molecule has 0 saturated heterocycles. The van der Waals surface area contributed by atoms with Crippen molar-refractivity contribution in [1.82, 2.24) is 9.55 Å². The number of hydrogen-bond donors (Lipinski definition) is 0. The van der Waals surface area contributed by atoms with E-state index in [1.807, 2.05) is 41.8 Å². The first-order valence-electron chi connectivity index (χ1n) is 9.30. The van der Waals surface area contributed by atoms with Gasteiger partial charge in [0.15, 0.2) is 5.78 Å². The minimum absolute atomic E-state index is 0.129. The Morgan fingerprint density at radius 2 is 1.72 bits per heavy atom. The largest absolute Gasteiger partial charge is 0.497 e. The van der Waals surface area contributed by atoms with Gasteiger partial charge in [-0.05, 0) is 48.9 Å². The van der Waals surface area contributed by atoms with E-state index in [9.17, 15) is 9.59 Å². The molecule has 0 N–H and O–H groups in total. The number of methoxy groups -OCH3 is 1. The number of aromatic nitrogens is 2. The van der Waals surface area contributed by atoms with Crippen LogP contribution in [0.2, 0.25) is 0 Å². The summed E-state index contributed by atoms with van der Waals surface area (Å²) in [6.45, 7) is 2.39. The van der Waals surface area contributed by atoms with Crippen LogP contribution >= 0.6 is 0 Å². The molecule has 0 saturated carbocycles. The van der Waals surface area contributed by atoms with E-state index in [-0.39, 0.29) is 16.8 Å². The molecule has 5 heteroatoms. The Kier molecular flexibility index (Phi) is 4.96. The molecule has 4 aromatic rings. The summed E-state index contributed by atoms with van der Waals surface area (Å²) in [5.74, 6) is 0.336. The number of hydrogen-bond acceptors (Lipinski definition) is 4. The number of fused-ring (bicyclic) bond motifs is 1. The van der Waals surface area contributed by atoms with Crippen LogP contribution in [-0.4, -0.2) is 22.4 Å². The van der Waals surface area contributed by atoms with Crippen LogP contribution in [0.25, 0.3) is 11.0 Å². The second-order valence-corrected chi connectivity index (χ2v) is 6.87. The first kappa shape index (κ1) is 18.6. The number of ether oxygens (including phenoxy) is 1. The van der Waals surface area contributed by atoms with Crippen molar-refractivity contribution in [3.8, 4) is 5.75 Å². The van der Waals surface area contributed by atoms with Gasteiger partial charge in [0.05, 0.1) is 18.1 Å². The van der Waals surface area contributed by atoms with Crippen LogP contribution in [0, 0.1) is 6.92 Å². The van der Waals surface area contributed by atoms with Crippen LogP contribution in [0.15, 0.2) is 77.7 Å². The van der Waals surface area contributed by atoms with E-state index in [0.29, 0.717) is 28.9 Å². The molecule has 29 heavy (non-hydrogen) atoms. The van der Waals surface area contributed by atoms with Gasteiger partial charge < -0.3 is 9.30 Å². The van der Waals surface area contributed by atoms with Gasteiger partial charge in [0.25, 0.3) is 0 Å². The summed E-state index contributed by atoms with van der Waals surface area (Å²) in [4.78, 5) is 30.8. The highest BCUT2D eigenvalue weighted by atomic mass is 16.5. The van der Waals surface area contributed by atoms with Gasteiger partial charge in [0.2, 0.25) is 5.43 Å². The molecule has 0 bridgehead atoms. The number of nitrogens with zero attached hydrogens (tertiary/aromatic N) is 2. The Labute approximate surface area is 168 Å². The average molecular weight is 384 g/mol. The highest BCUT2D eigenvalue weighted by Gasteiger charge is 2.18. The highest BCUT2D eigenvalue weighted by Crippen LogP contribution is 2.17. The van der Waals surface area contributed by atoms with Crippen molar-refractivity contribution in [1.29, 1.82) is 0 Å². The second kappa shape index (κ2) is 7.72. The van der Waals surface area contributed by atoms with Gasteiger partial charge in [-0.2, -0.15) is 0 Å². The zero-order valence-electron chi connectivity index (χ0n) is 16.3. The minimum Gasteiger partial charge on any atom is -0.497 e. The quantitative estimate of drug-likeness (QED) is 0.488. The van der Waals surface area contributed by atoms with Crippen molar-refractivity contribution in [3.63, 3.8) is 0 Å². The maximum Gasteiger partial charge on any atom is 0.202 e. The standard InChI is InChI=1S/C24H20N2O3/c1-16-8-13-20-23(28)21(22(27)18-9-11-19(29-2)12-10-18)15-26(24(20)25-16)14-17-6-4-3-5-7-17/h3-13,15H,14H2,1-2H3. The fourth-order valence-electron chi connectivity index (χ4n) is 3.32. The van der Waals surface area contributed by atoms with Crippen LogP contribution in [0.1, 0.15) is 27.2 Å². The Hall–Kier alpha value is -3.73. The fraction of sp³-hybridized carbons (Fsp3) is 0.125. The molecular formula is C24H20N2O3. The lowest BCUT2D eigenvalue weighted by atomic mass is 10.0. The van der Waals surface area contributed by atoms with Crippen molar-refractivity contribution in [2.24, 2.45) is 0 Å². The van der Waals surface area contributed by atoms with Gasteiger partial charge in [-0.3, -0.25) is 9.59 Å². The molecule has 2 aromatic carbocycles. The van der Waals surface area contributed by atoms with Crippen molar-refractivity contribution >= 4 is 16.8 Å². The van der Waals surface area contributed by atoms with E-state index in [1.54, 1.807) is 49.7 Å². The SMILES string of the molecule is COc1ccc(C(=O)c2cn(Cc3ccccc3)c3nc(C)ccc3c2=O)cc1. The predicted molar refractivity (Wildman–Crippen MR) is 113 cm³/mol. The number of benzene rings is 2. The molecule has 0 fully saturated rings. The molecule has 0 spiro atoms. The third-order valence-corrected chi connectivity index (χ3v) is 4.85.